The smallest absolute Gasteiger partial charge is 0.222 e. The zero-order valence-electron chi connectivity index (χ0n) is 47.2. The van der Waals surface area contributed by atoms with Crippen molar-refractivity contribution in [3.05, 3.63) is 48.6 Å². The lowest BCUT2D eigenvalue weighted by molar-refractivity contribution is -0.124. The van der Waals surface area contributed by atoms with E-state index in [4.69, 9.17) is 0 Å². The van der Waals surface area contributed by atoms with Crippen LogP contribution < -0.4 is 5.32 Å². The van der Waals surface area contributed by atoms with Gasteiger partial charge in [-0.1, -0.05) is 306 Å². The minimum Gasteiger partial charge on any atom is -0.394 e. The molecule has 0 aromatic heterocycles. The Morgan fingerprint density at radius 3 is 0.914 bits per heavy atom. The molecule has 4 N–H and O–H groups in total. The maximum Gasteiger partial charge on any atom is 0.222 e. The molecular weight excluding hydrogens is 859 g/mol. The minimum absolute atomic E-state index is 0.00331. The normalized spacial score (nSPS) is 13.5. The topological polar surface area (TPSA) is 89.8 Å². The zero-order valence-corrected chi connectivity index (χ0v) is 47.2. The Balaban J connectivity index is 3.58. The standard InChI is InChI=1S/C65H123NO4/c1-3-5-7-9-11-13-15-17-19-21-23-25-27-29-30-31-32-33-35-36-38-40-42-44-46-48-50-52-54-56-58-62(68)60-65(70)66-63(61-67)64(69)59-57-55-53-51-49-47-45-43-41-39-37-34-28-26-24-22-20-18-16-14-12-10-8-6-4-2/h29-30,41,43,49,51,57,59,62-64,67-69H,3-28,31-40,42,44-48,50,52-56,58,60-61H2,1-2H3,(H,66,70)/b30-29-,43-41+,51-49+,59-57+. The number of aliphatic hydroxyl groups is 3. The minimum atomic E-state index is -0.962. The largest absolute Gasteiger partial charge is 0.394 e. The molecule has 3 unspecified atom stereocenters. The van der Waals surface area contributed by atoms with Crippen LogP contribution in [-0.4, -0.2) is 46.1 Å². The number of rotatable bonds is 58. The van der Waals surface area contributed by atoms with Crippen LogP contribution in [0.15, 0.2) is 48.6 Å². The molecule has 0 aliphatic rings. The Bertz CT molecular complexity index is 1130. The Hall–Kier alpha value is -1.69. The van der Waals surface area contributed by atoms with Gasteiger partial charge in [0.1, 0.15) is 0 Å². The summed E-state index contributed by atoms with van der Waals surface area (Å²) >= 11 is 0. The van der Waals surface area contributed by atoms with Crippen LogP contribution in [0.1, 0.15) is 335 Å². The van der Waals surface area contributed by atoms with Gasteiger partial charge in [0.2, 0.25) is 5.91 Å². The number of unbranched alkanes of at least 4 members (excludes halogenated alkanes) is 43. The van der Waals surface area contributed by atoms with E-state index in [1.165, 1.54) is 270 Å². The molecule has 0 aliphatic carbocycles. The van der Waals surface area contributed by atoms with E-state index in [0.29, 0.717) is 6.42 Å². The Morgan fingerprint density at radius 1 is 0.357 bits per heavy atom. The molecule has 0 heterocycles. The van der Waals surface area contributed by atoms with E-state index >= 15 is 0 Å². The lowest BCUT2D eigenvalue weighted by atomic mass is 10.0. The average molecular weight is 983 g/mol. The molecule has 5 heteroatoms. The third-order valence-electron chi connectivity index (χ3n) is 14.6. The van der Waals surface area contributed by atoms with Gasteiger partial charge in [-0.25, -0.2) is 0 Å². The van der Waals surface area contributed by atoms with E-state index < -0.39 is 18.2 Å². The summed E-state index contributed by atoms with van der Waals surface area (Å²) < 4.78 is 0. The van der Waals surface area contributed by atoms with Crippen molar-refractivity contribution in [1.29, 1.82) is 0 Å². The van der Waals surface area contributed by atoms with Gasteiger partial charge < -0.3 is 20.6 Å². The van der Waals surface area contributed by atoms with Crippen LogP contribution in [0.5, 0.6) is 0 Å². The van der Waals surface area contributed by atoms with Crippen LogP contribution in [0.4, 0.5) is 0 Å². The molecular formula is C65H123NO4. The number of amides is 1. The lowest BCUT2D eigenvalue weighted by Crippen LogP contribution is -2.45. The first-order valence-corrected chi connectivity index (χ1v) is 31.4. The summed E-state index contributed by atoms with van der Waals surface area (Å²) in [7, 11) is 0. The monoisotopic (exact) mass is 982 g/mol. The number of carbonyl (C=O) groups excluding carboxylic acids is 1. The summed E-state index contributed by atoms with van der Waals surface area (Å²) in [5, 5.41) is 33.5. The van der Waals surface area contributed by atoms with Gasteiger partial charge in [-0.15, -0.1) is 0 Å². The highest BCUT2D eigenvalue weighted by Gasteiger charge is 2.20. The Morgan fingerprint density at radius 2 is 0.614 bits per heavy atom. The summed E-state index contributed by atoms with van der Waals surface area (Å²) in [6.07, 6.45) is 80.5. The van der Waals surface area contributed by atoms with Crippen molar-refractivity contribution in [2.75, 3.05) is 6.61 Å². The molecule has 70 heavy (non-hydrogen) atoms. The highest BCUT2D eigenvalue weighted by molar-refractivity contribution is 5.76. The predicted molar refractivity (Wildman–Crippen MR) is 310 cm³/mol. The first kappa shape index (κ1) is 68.3. The average Bonchev–Trinajstić information content (AvgIpc) is 3.36. The van der Waals surface area contributed by atoms with E-state index in [-0.39, 0.29) is 18.9 Å². The third kappa shape index (κ3) is 55.6. The second kappa shape index (κ2) is 59.9. The van der Waals surface area contributed by atoms with Crippen molar-refractivity contribution >= 4 is 5.91 Å². The first-order valence-electron chi connectivity index (χ1n) is 31.4. The first-order chi connectivity index (χ1) is 34.5. The molecule has 412 valence electrons. The molecule has 0 aromatic carbocycles. The molecule has 0 spiro atoms. The van der Waals surface area contributed by atoms with Gasteiger partial charge in [0.05, 0.1) is 31.3 Å². The van der Waals surface area contributed by atoms with Crippen LogP contribution >= 0.6 is 0 Å². The molecule has 0 radical (unpaired) electrons. The van der Waals surface area contributed by atoms with Crippen LogP contribution in [0.3, 0.4) is 0 Å². The predicted octanol–water partition coefficient (Wildman–Crippen LogP) is 20.0. The van der Waals surface area contributed by atoms with Crippen molar-refractivity contribution in [3.63, 3.8) is 0 Å². The number of hydrogen-bond donors (Lipinski definition) is 4. The van der Waals surface area contributed by atoms with E-state index in [9.17, 15) is 20.1 Å². The van der Waals surface area contributed by atoms with Crippen molar-refractivity contribution < 1.29 is 20.1 Å². The van der Waals surface area contributed by atoms with Gasteiger partial charge >= 0.3 is 0 Å². The Kier molecular flexibility index (Phi) is 58.4. The van der Waals surface area contributed by atoms with Gasteiger partial charge in [-0.2, -0.15) is 0 Å². The van der Waals surface area contributed by atoms with E-state index in [1.807, 2.05) is 6.08 Å². The molecule has 3 atom stereocenters. The summed E-state index contributed by atoms with van der Waals surface area (Å²) in [4.78, 5) is 12.5. The maximum absolute atomic E-state index is 12.5. The lowest BCUT2D eigenvalue weighted by Gasteiger charge is -2.21. The van der Waals surface area contributed by atoms with Gasteiger partial charge in [0.15, 0.2) is 0 Å². The number of allylic oxidation sites excluding steroid dienone is 7. The van der Waals surface area contributed by atoms with Crippen LogP contribution in [-0.2, 0) is 4.79 Å². The molecule has 0 aliphatic heterocycles. The fraction of sp³-hybridized carbons (Fsp3) is 0.862. The van der Waals surface area contributed by atoms with Gasteiger partial charge in [0, 0.05) is 0 Å². The van der Waals surface area contributed by atoms with Crippen molar-refractivity contribution in [1.82, 2.24) is 5.32 Å². The third-order valence-corrected chi connectivity index (χ3v) is 14.6. The summed E-state index contributed by atoms with van der Waals surface area (Å²) in [5.41, 5.74) is 0. The highest BCUT2D eigenvalue weighted by atomic mass is 16.3. The number of hydrogen-bond acceptors (Lipinski definition) is 4. The molecule has 0 saturated heterocycles. The number of aliphatic hydroxyl groups excluding tert-OH is 3. The van der Waals surface area contributed by atoms with Gasteiger partial charge in [-0.05, 0) is 70.6 Å². The van der Waals surface area contributed by atoms with E-state index in [2.05, 4.69) is 55.6 Å². The van der Waals surface area contributed by atoms with E-state index in [0.717, 1.165) is 38.5 Å². The SMILES string of the molecule is CCCCCCCCCCCCCC/C=C\CCCCCCCCCCCCCCCCC(O)CC(=O)NC(CO)C(O)/C=C/CC/C=C/CC/C=C/CCCCCCCCCCCCCCCCC. The quantitative estimate of drug-likeness (QED) is 0.0361. The number of nitrogens with one attached hydrogen (secondary N) is 1. The molecule has 0 bridgehead atoms. The second-order valence-electron chi connectivity index (χ2n) is 21.6. The van der Waals surface area contributed by atoms with Crippen molar-refractivity contribution in [3.8, 4) is 0 Å². The number of carbonyl (C=O) groups is 1. The van der Waals surface area contributed by atoms with Gasteiger partial charge in [-0.3, -0.25) is 4.79 Å². The second-order valence-corrected chi connectivity index (χ2v) is 21.6. The highest BCUT2D eigenvalue weighted by Crippen LogP contribution is 2.18. The summed E-state index contributed by atoms with van der Waals surface area (Å²) in [6.45, 7) is 4.24. The fourth-order valence-electron chi connectivity index (χ4n) is 9.78. The molecule has 0 aromatic rings. The summed E-state index contributed by atoms with van der Waals surface area (Å²) in [6, 6.07) is -0.770. The molecule has 0 rings (SSSR count). The van der Waals surface area contributed by atoms with Crippen molar-refractivity contribution in [2.24, 2.45) is 0 Å². The summed E-state index contributed by atoms with van der Waals surface area (Å²) in [5.74, 6) is -0.325. The molecule has 5 nitrogen and oxygen atoms in total. The van der Waals surface area contributed by atoms with Crippen LogP contribution in [0, 0.1) is 0 Å². The Labute approximate surface area is 437 Å². The van der Waals surface area contributed by atoms with Crippen LogP contribution in [0.25, 0.3) is 0 Å². The van der Waals surface area contributed by atoms with E-state index in [1.54, 1.807) is 6.08 Å². The molecule has 0 fully saturated rings. The van der Waals surface area contributed by atoms with Gasteiger partial charge in [0.25, 0.3) is 0 Å². The zero-order chi connectivity index (χ0) is 50.7. The fourth-order valence-corrected chi connectivity index (χ4v) is 9.78. The van der Waals surface area contributed by atoms with Crippen molar-refractivity contribution in [2.45, 2.75) is 353 Å². The van der Waals surface area contributed by atoms with Crippen LogP contribution in [0.2, 0.25) is 0 Å². The maximum atomic E-state index is 12.5. The molecule has 0 saturated carbocycles. The molecule has 1 amide bonds.